The predicted octanol–water partition coefficient (Wildman–Crippen LogP) is 1.50. The lowest BCUT2D eigenvalue weighted by molar-refractivity contribution is -0.118. The minimum atomic E-state index is -0.204. The minimum absolute atomic E-state index is 0.0706. The third-order valence-corrected chi connectivity index (χ3v) is 4.22. The summed E-state index contributed by atoms with van der Waals surface area (Å²) in [5.74, 6) is -0.0227. The van der Waals surface area contributed by atoms with E-state index in [1.165, 1.54) is 22.3 Å². The second kappa shape index (κ2) is 4.20. The molecule has 0 aliphatic heterocycles. The number of aryl methyl sites for hydroxylation is 1. The number of amides is 1. The molecule has 18 heavy (non-hydrogen) atoms. The van der Waals surface area contributed by atoms with E-state index in [0.29, 0.717) is 5.39 Å². The van der Waals surface area contributed by atoms with E-state index >= 15 is 0 Å². The van der Waals surface area contributed by atoms with Gasteiger partial charge in [-0.25, -0.2) is 9.66 Å². The van der Waals surface area contributed by atoms with E-state index in [0.717, 1.165) is 29.0 Å². The third kappa shape index (κ3) is 1.92. The van der Waals surface area contributed by atoms with Gasteiger partial charge in [0.25, 0.3) is 5.56 Å². The molecular weight excluding hydrogens is 250 g/mol. The number of fused-ring (bicyclic) bond motifs is 1. The van der Waals surface area contributed by atoms with E-state index in [-0.39, 0.29) is 17.4 Å². The molecule has 1 saturated carbocycles. The maximum Gasteiger partial charge on any atom is 0.280 e. The largest absolute Gasteiger partial charge is 0.280 e. The molecule has 0 unspecified atom stereocenters. The number of carbonyl (C=O) groups excluding carboxylic acids is 1. The van der Waals surface area contributed by atoms with Crippen LogP contribution in [0.2, 0.25) is 0 Å². The van der Waals surface area contributed by atoms with Gasteiger partial charge in [0.15, 0.2) is 0 Å². The van der Waals surface area contributed by atoms with Crippen molar-refractivity contribution in [2.45, 2.75) is 26.2 Å². The van der Waals surface area contributed by atoms with Crippen molar-refractivity contribution in [2.24, 2.45) is 5.92 Å². The molecule has 0 radical (unpaired) electrons. The highest BCUT2D eigenvalue weighted by Crippen LogP contribution is 2.29. The Morgan fingerprint density at radius 3 is 3.06 bits per heavy atom. The Morgan fingerprint density at radius 1 is 1.61 bits per heavy atom. The van der Waals surface area contributed by atoms with Gasteiger partial charge in [0.2, 0.25) is 5.91 Å². The fourth-order valence-corrected chi connectivity index (χ4v) is 2.71. The van der Waals surface area contributed by atoms with Crippen LogP contribution < -0.4 is 11.0 Å². The number of hydrogen-bond acceptors (Lipinski definition) is 4. The zero-order chi connectivity index (χ0) is 12.7. The lowest BCUT2D eigenvalue weighted by Crippen LogP contribution is -2.33. The molecule has 1 N–H and O–H groups in total. The van der Waals surface area contributed by atoms with E-state index in [1.807, 2.05) is 13.0 Å². The first-order valence-corrected chi connectivity index (χ1v) is 6.81. The van der Waals surface area contributed by atoms with Gasteiger partial charge in [0.05, 0.1) is 5.39 Å². The van der Waals surface area contributed by atoms with Gasteiger partial charge in [0.1, 0.15) is 11.2 Å². The van der Waals surface area contributed by atoms with Gasteiger partial charge >= 0.3 is 0 Å². The van der Waals surface area contributed by atoms with Gasteiger partial charge in [-0.2, -0.15) is 0 Å². The van der Waals surface area contributed by atoms with Crippen molar-refractivity contribution < 1.29 is 4.79 Å². The van der Waals surface area contributed by atoms with Crippen molar-refractivity contribution in [1.82, 2.24) is 9.66 Å². The number of rotatable bonds is 3. The number of nitrogens with zero attached hydrogens (tertiary/aromatic N) is 2. The molecule has 6 heteroatoms. The first kappa shape index (κ1) is 11.4. The average Bonchev–Trinajstić information content (AvgIpc) is 3.13. The van der Waals surface area contributed by atoms with Crippen LogP contribution in [0.1, 0.15) is 24.6 Å². The van der Waals surface area contributed by atoms with E-state index < -0.39 is 0 Å². The summed E-state index contributed by atoms with van der Waals surface area (Å²) in [5.41, 5.74) is 2.40. The van der Waals surface area contributed by atoms with Crippen molar-refractivity contribution >= 4 is 27.5 Å². The van der Waals surface area contributed by atoms with E-state index in [1.54, 1.807) is 0 Å². The summed E-state index contributed by atoms with van der Waals surface area (Å²) >= 11 is 1.52. The highest BCUT2D eigenvalue weighted by atomic mass is 32.1. The Hall–Kier alpha value is -1.69. The van der Waals surface area contributed by atoms with Crippen LogP contribution in [0.25, 0.3) is 10.2 Å². The van der Waals surface area contributed by atoms with Gasteiger partial charge in [-0.05, 0) is 25.3 Å². The molecule has 94 valence electrons. The Morgan fingerprint density at radius 2 is 2.39 bits per heavy atom. The summed E-state index contributed by atoms with van der Waals surface area (Å²) in [6.45, 7) is 2.04. The molecule has 0 bridgehead atoms. The van der Waals surface area contributed by atoms with Crippen molar-refractivity contribution in [3.05, 3.63) is 27.6 Å². The molecule has 1 aliphatic rings. The van der Waals surface area contributed by atoms with Crippen LogP contribution in [0, 0.1) is 5.92 Å². The van der Waals surface area contributed by atoms with Crippen LogP contribution in [-0.4, -0.2) is 15.6 Å². The summed E-state index contributed by atoms with van der Waals surface area (Å²) in [6, 6.07) is 1.86. The fourth-order valence-electron chi connectivity index (χ4n) is 1.78. The molecule has 3 rings (SSSR count). The molecule has 1 amide bonds. The minimum Gasteiger partial charge on any atom is -0.273 e. The smallest absolute Gasteiger partial charge is 0.273 e. The monoisotopic (exact) mass is 263 g/mol. The lowest BCUT2D eigenvalue weighted by Gasteiger charge is -2.05. The first-order valence-electron chi connectivity index (χ1n) is 6.00. The molecule has 1 aliphatic carbocycles. The summed E-state index contributed by atoms with van der Waals surface area (Å²) in [4.78, 5) is 29.8. The molecule has 2 heterocycles. The van der Waals surface area contributed by atoms with Crippen LogP contribution in [0.5, 0.6) is 0 Å². The maximum atomic E-state index is 12.2. The van der Waals surface area contributed by atoms with Gasteiger partial charge in [-0.15, -0.1) is 11.3 Å². The summed E-state index contributed by atoms with van der Waals surface area (Å²) in [6.07, 6.45) is 4.10. The molecule has 0 aromatic carbocycles. The molecule has 0 spiro atoms. The number of aromatic nitrogens is 2. The quantitative estimate of drug-likeness (QED) is 0.912. The molecule has 2 aromatic rings. The Kier molecular flexibility index (Phi) is 2.66. The van der Waals surface area contributed by atoms with E-state index in [9.17, 15) is 9.59 Å². The van der Waals surface area contributed by atoms with Crippen molar-refractivity contribution in [1.29, 1.82) is 0 Å². The van der Waals surface area contributed by atoms with Crippen molar-refractivity contribution in [3.63, 3.8) is 0 Å². The molecule has 2 aromatic heterocycles. The highest BCUT2D eigenvalue weighted by Gasteiger charge is 2.30. The highest BCUT2D eigenvalue weighted by molar-refractivity contribution is 7.18. The standard InChI is InChI=1S/C12H13N3O2S/c1-2-8-5-9-11(18-8)13-6-15(12(9)17)14-10(16)7-3-4-7/h5-7H,2-4H2,1H3,(H,14,16). The van der Waals surface area contributed by atoms with Crippen LogP contribution in [0.4, 0.5) is 0 Å². The van der Waals surface area contributed by atoms with Crippen LogP contribution in [-0.2, 0) is 11.2 Å². The molecule has 1 fully saturated rings. The lowest BCUT2D eigenvalue weighted by atomic mass is 10.3. The van der Waals surface area contributed by atoms with Gasteiger partial charge in [-0.3, -0.25) is 15.0 Å². The topological polar surface area (TPSA) is 64.0 Å². The van der Waals surface area contributed by atoms with Crippen LogP contribution >= 0.6 is 11.3 Å². The molecule has 5 nitrogen and oxygen atoms in total. The van der Waals surface area contributed by atoms with E-state index in [4.69, 9.17) is 0 Å². The van der Waals surface area contributed by atoms with Crippen LogP contribution in [0.3, 0.4) is 0 Å². The first-order chi connectivity index (χ1) is 8.69. The maximum absolute atomic E-state index is 12.2. The zero-order valence-corrected chi connectivity index (χ0v) is 10.8. The fraction of sp³-hybridized carbons (Fsp3) is 0.417. The number of thiophene rings is 1. The SMILES string of the molecule is CCc1cc2c(=O)n(NC(=O)C3CC3)cnc2s1. The summed E-state index contributed by atoms with van der Waals surface area (Å²) in [7, 11) is 0. The third-order valence-electron chi connectivity index (χ3n) is 3.03. The Labute approximate surface area is 107 Å². The predicted molar refractivity (Wildman–Crippen MR) is 70.3 cm³/mol. The van der Waals surface area contributed by atoms with Crippen LogP contribution in [0.15, 0.2) is 17.2 Å². The molecule has 0 saturated heterocycles. The average molecular weight is 263 g/mol. The number of carbonyl (C=O) groups is 1. The number of hydrogen-bond donors (Lipinski definition) is 1. The van der Waals surface area contributed by atoms with Gasteiger partial charge < -0.3 is 0 Å². The Bertz CT molecular complexity index is 670. The number of nitrogens with one attached hydrogen (secondary N) is 1. The van der Waals surface area contributed by atoms with Gasteiger partial charge in [-0.1, -0.05) is 6.92 Å². The molecule has 0 atom stereocenters. The van der Waals surface area contributed by atoms with E-state index in [2.05, 4.69) is 10.4 Å². The normalized spacial score (nSPS) is 14.9. The summed E-state index contributed by atoms with van der Waals surface area (Å²) < 4.78 is 1.19. The van der Waals surface area contributed by atoms with Crippen molar-refractivity contribution in [3.8, 4) is 0 Å². The second-order valence-corrected chi connectivity index (χ2v) is 5.57. The van der Waals surface area contributed by atoms with Crippen molar-refractivity contribution in [2.75, 3.05) is 5.43 Å². The zero-order valence-electron chi connectivity index (χ0n) is 9.97. The summed E-state index contributed by atoms with van der Waals surface area (Å²) in [5, 5.41) is 0.579. The molecular formula is C12H13N3O2S. The Balaban J connectivity index is 1.99. The second-order valence-electron chi connectivity index (χ2n) is 4.46. The van der Waals surface area contributed by atoms with Gasteiger partial charge in [0, 0.05) is 10.8 Å².